The van der Waals surface area contributed by atoms with Gasteiger partial charge in [0.25, 0.3) is 0 Å². The predicted molar refractivity (Wildman–Crippen MR) is 76.9 cm³/mol. The van der Waals surface area contributed by atoms with Crippen molar-refractivity contribution in [2.45, 2.75) is 32.0 Å². The quantitative estimate of drug-likeness (QED) is 0.881. The molecule has 2 N–H and O–H groups in total. The first kappa shape index (κ1) is 12.4. The summed E-state index contributed by atoms with van der Waals surface area (Å²) in [6.45, 7) is 2.88. The third-order valence-electron chi connectivity index (χ3n) is 3.85. The Morgan fingerprint density at radius 1 is 1.11 bits per heavy atom. The number of aliphatic hydroxyl groups excluding tert-OH is 1. The molecule has 0 radical (unpaired) electrons. The van der Waals surface area contributed by atoms with Crippen LogP contribution in [-0.4, -0.2) is 11.2 Å². The number of benzene rings is 2. The third-order valence-corrected chi connectivity index (χ3v) is 3.85. The normalized spacial score (nSPS) is 21.4. The van der Waals surface area contributed by atoms with E-state index < -0.39 is 0 Å². The Bertz CT molecular complexity index is 562. The minimum Gasteiger partial charge on any atom is -0.391 e. The molecule has 2 atom stereocenters. The van der Waals surface area contributed by atoms with E-state index in [-0.39, 0.29) is 12.1 Å². The highest BCUT2D eigenvalue weighted by Crippen LogP contribution is 2.31. The summed E-state index contributed by atoms with van der Waals surface area (Å²) in [7, 11) is 0. The molecule has 0 heterocycles. The van der Waals surface area contributed by atoms with Gasteiger partial charge in [-0.15, -0.1) is 0 Å². The molecule has 0 unspecified atom stereocenters. The van der Waals surface area contributed by atoms with Gasteiger partial charge in [0.15, 0.2) is 0 Å². The van der Waals surface area contributed by atoms with E-state index in [1.807, 2.05) is 12.1 Å². The molecule has 3 rings (SSSR count). The molecule has 0 saturated carbocycles. The van der Waals surface area contributed by atoms with Gasteiger partial charge >= 0.3 is 0 Å². The highest BCUT2D eigenvalue weighted by atomic mass is 16.3. The van der Waals surface area contributed by atoms with Crippen LogP contribution in [0.25, 0.3) is 0 Å². The Kier molecular flexibility index (Phi) is 3.36. The van der Waals surface area contributed by atoms with Crippen LogP contribution in [0.5, 0.6) is 0 Å². The van der Waals surface area contributed by atoms with Crippen LogP contribution in [0.4, 0.5) is 0 Å². The molecular weight excluding hydrogens is 234 g/mol. The first-order chi connectivity index (χ1) is 9.24. The molecule has 0 fully saturated rings. The van der Waals surface area contributed by atoms with Gasteiger partial charge in [0.2, 0.25) is 0 Å². The number of hydrogen-bond donors (Lipinski definition) is 2. The molecule has 19 heavy (non-hydrogen) atoms. The van der Waals surface area contributed by atoms with Crippen LogP contribution in [0.1, 0.15) is 28.3 Å². The van der Waals surface area contributed by atoms with Crippen molar-refractivity contribution < 1.29 is 5.11 Å². The second kappa shape index (κ2) is 5.16. The zero-order valence-electron chi connectivity index (χ0n) is 11.1. The summed E-state index contributed by atoms with van der Waals surface area (Å²) in [5, 5.41) is 13.6. The van der Waals surface area contributed by atoms with E-state index in [0.29, 0.717) is 0 Å². The van der Waals surface area contributed by atoms with Crippen LogP contribution in [0.2, 0.25) is 0 Å². The Balaban J connectivity index is 1.72. The third kappa shape index (κ3) is 2.55. The van der Waals surface area contributed by atoms with Crippen molar-refractivity contribution in [1.29, 1.82) is 0 Å². The summed E-state index contributed by atoms with van der Waals surface area (Å²) in [6, 6.07) is 16.9. The van der Waals surface area contributed by atoms with Crippen molar-refractivity contribution in [3.05, 3.63) is 70.8 Å². The molecule has 2 aromatic rings. The topological polar surface area (TPSA) is 32.3 Å². The molecule has 0 aromatic heterocycles. The predicted octanol–water partition coefficient (Wildman–Crippen LogP) is 2.74. The van der Waals surface area contributed by atoms with E-state index in [1.54, 1.807) is 0 Å². The second-order valence-corrected chi connectivity index (χ2v) is 5.31. The van der Waals surface area contributed by atoms with Gasteiger partial charge in [-0.2, -0.15) is 0 Å². The molecule has 1 aliphatic rings. The summed E-state index contributed by atoms with van der Waals surface area (Å²) >= 11 is 0. The van der Waals surface area contributed by atoms with Gasteiger partial charge < -0.3 is 10.4 Å². The summed E-state index contributed by atoms with van der Waals surface area (Å²) in [5.41, 5.74) is 5.02. The highest BCUT2D eigenvalue weighted by Gasteiger charge is 2.29. The maximum Gasteiger partial charge on any atom is 0.0775 e. The smallest absolute Gasteiger partial charge is 0.0775 e. The minimum atomic E-state index is -0.317. The standard InChI is InChI=1S/C17H19NO/c1-12-6-8-13(9-7-12)11-18-17-15-5-3-2-4-14(15)10-16(17)19/h2-9,16-19H,10-11H2,1H3/t16-,17+/m0/s1. The average molecular weight is 253 g/mol. The maximum absolute atomic E-state index is 10.2. The molecule has 1 aliphatic carbocycles. The molecule has 2 heteroatoms. The van der Waals surface area contributed by atoms with Crippen molar-refractivity contribution in [2.75, 3.05) is 0 Å². The molecule has 0 amide bonds. The van der Waals surface area contributed by atoms with Gasteiger partial charge in [-0.05, 0) is 23.6 Å². The summed E-state index contributed by atoms with van der Waals surface area (Å²) in [6.07, 6.45) is 0.435. The van der Waals surface area contributed by atoms with Crippen molar-refractivity contribution >= 4 is 0 Å². The van der Waals surface area contributed by atoms with Gasteiger partial charge in [-0.3, -0.25) is 0 Å². The Morgan fingerprint density at radius 3 is 2.63 bits per heavy atom. The van der Waals surface area contributed by atoms with E-state index in [4.69, 9.17) is 0 Å². The molecule has 0 aliphatic heterocycles. The van der Waals surface area contributed by atoms with Gasteiger partial charge in [-0.1, -0.05) is 54.1 Å². The van der Waals surface area contributed by atoms with Crippen molar-refractivity contribution in [3.63, 3.8) is 0 Å². The SMILES string of the molecule is Cc1ccc(CN[C@@H]2c3ccccc3C[C@@H]2O)cc1. The lowest BCUT2D eigenvalue weighted by molar-refractivity contribution is 0.140. The fourth-order valence-corrected chi connectivity index (χ4v) is 2.75. The van der Waals surface area contributed by atoms with Crippen LogP contribution >= 0.6 is 0 Å². The maximum atomic E-state index is 10.2. The molecule has 0 spiro atoms. The molecule has 0 bridgehead atoms. The number of fused-ring (bicyclic) bond motifs is 1. The number of aryl methyl sites for hydroxylation is 1. The number of aliphatic hydroxyl groups is 1. The lowest BCUT2D eigenvalue weighted by Gasteiger charge is -2.18. The summed E-state index contributed by atoms with van der Waals surface area (Å²) in [5.74, 6) is 0. The lowest BCUT2D eigenvalue weighted by Crippen LogP contribution is -2.28. The zero-order chi connectivity index (χ0) is 13.2. The summed E-state index contributed by atoms with van der Waals surface area (Å²) in [4.78, 5) is 0. The van der Waals surface area contributed by atoms with Crippen molar-refractivity contribution in [2.24, 2.45) is 0 Å². The van der Waals surface area contributed by atoms with Crippen LogP contribution < -0.4 is 5.32 Å². The van der Waals surface area contributed by atoms with Gasteiger partial charge in [-0.25, -0.2) is 0 Å². The lowest BCUT2D eigenvalue weighted by atomic mass is 10.1. The van der Waals surface area contributed by atoms with Crippen LogP contribution in [0, 0.1) is 6.92 Å². The van der Waals surface area contributed by atoms with E-state index in [2.05, 4.69) is 48.6 Å². The van der Waals surface area contributed by atoms with Crippen LogP contribution in [0.15, 0.2) is 48.5 Å². The van der Waals surface area contributed by atoms with Gasteiger partial charge in [0, 0.05) is 13.0 Å². The Labute approximate surface area is 114 Å². The minimum absolute atomic E-state index is 0.0532. The fraction of sp³-hybridized carbons (Fsp3) is 0.294. The van der Waals surface area contributed by atoms with Crippen LogP contribution in [0.3, 0.4) is 0 Å². The Morgan fingerprint density at radius 2 is 1.84 bits per heavy atom. The van der Waals surface area contributed by atoms with E-state index in [9.17, 15) is 5.11 Å². The molecule has 2 aromatic carbocycles. The highest BCUT2D eigenvalue weighted by molar-refractivity contribution is 5.36. The van der Waals surface area contributed by atoms with Crippen molar-refractivity contribution in [1.82, 2.24) is 5.32 Å². The first-order valence-corrected chi connectivity index (χ1v) is 6.79. The molecule has 0 saturated heterocycles. The van der Waals surface area contributed by atoms with E-state index >= 15 is 0 Å². The second-order valence-electron chi connectivity index (χ2n) is 5.31. The fourth-order valence-electron chi connectivity index (χ4n) is 2.75. The summed E-state index contributed by atoms with van der Waals surface area (Å²) < 4.78 is 0. The molecular formula is C17H19NO. The monoisotopic (exact) mass is 253 g/mol. The molecule has 98 valence electrons. The average Bonchev–Trinajstić information content (AvgIpc) is 2.74. The molecule has 2 nitrogen and oxygen atoms in total. The van der Waals surface area contributed by atoms with Gasteiger partial charge in [0.1, 0.15) is 0 Å². The largest absolute Gasteiger partial charge is 0.391 e. The van der Waals surface area contributed by atoms with E-state index in [1.165, 1.54) is 22.3 Å². The van der Waals surface area contributed by atoms with E-state index in [0.717, 1.165) is 13.0 Å². The number of nitrogens with one attached hydrogen (secondary N) is 1. The van der Waals surface area contributed by atoms with Gasteiger partial charge in [0.05, 0.1) is 12.1 Å². The Hall–Kier alpha value is -1.64. The first-order valence-electron chi connectivity index (χ1n) is 6.79. The number of rotatable bonds is 3. The van der Waals surface area contributed by atoms with Crippen molar-refractivity contribution in [3.8, 4) is 0 Å². The zero-order valence-corrected chi connectivity index (χ0v) is 11.1. The number of hydrogen-bond acceptors (Lipinski definition) is 2. The van der Waals surface area contributed by atoms with Crippen LogP contribution in [-0.2, 0) is 13.0 Å².